The summed E-state index contributed by atoms with van der Waals surface area (Å²) in [5.41, 5.74) is 0.753. The summed E-state index contributed by atoms with van der Waals surface area (Å²) in [6.07, 6.45) is 1.83. The van der Waals surface area contributed by atoms with Gasteiger partial charge in [0, 0.05) is 4.47 Å². The lowest BCUT2D eigenvalue weighted by Crippen LogP contribution is -1.75. The van der Waals surface area contributed by atoms with E-state index in [1.54, 1.807) is 6.07 Å². The number of benzene rings is 1. The predicted molar refractivity (Wildman–Crippen MR) is 53.4 cm³/mol. The molecule has 0 fully saturated rings. The van der Waals surface area contributed by atoms with Crippen LogP contribution in [0.4, 0.5) is 4.39 Å². The van der Waals surface area contributed by atoms with Gasteiger partial charge in [0.15, 0.2) is 11.4 Å². The number of oxazole rings is 1. The zero-order valence-corrected chi connectivity index (χ0v) is 9.08. The van der Waals surface area contributed by atoms with Crippen LogP contribution in [-0.2, 0) is 0 Å². The van der Waals surface area contributed by atoms with Crippen molar-refractivity contribution in [2.75, 3.05) is 6.26 Å². The van der Waals surface area contributed by atoms with Crippen LogP contribution >= 0.6 is 27.7 Å². The first-order valence-corrected chi connectivity index (χ1v) is 5.52. The summed E-state index contributed by atoms with van der Waals surface area (Å²) in [5.74, 6) is -0.392. The van der Waals surface area contributed by atoms with E-state index in [0.717, 1.165) is 0 Å². The Morgan fingerprint density at radius 1 is 1.54 bits per heavy atom. The van der Waals surface area contributed by atoms with Gasteiger partial charge in [0.05, 0.1) is 0 Å². The Bertz CT molecular complexity index is 457. The molecule has 0 N–H and O–H groups in total. The second-order valence-electron chi connectivity index (χ2n) is 2.42. The SMILES string of the molecule is CSc1nc2cc(Br)cc(F)c2o1. The molecule has 2 aromatic rings. The zero-order valence-electron chi connectivity index (χ0n) is 6.67. The van der Waals surface area contributed by atoms with Crippen molar-refractivity contribution in [3.8, 4) is 0 Å². The summed E-state index contributed by atoms with van der Waals surface area (Å²) in [4.78, 5) is 4.08. The average molecular weight is 262 g/mol. The van der Waals surface area contributed by atoms with E-state index >= 15 is 0 Å². The number of rotatable bonds is 1. The highest BCUT2D eigenvalue weighted by Crippen LogP contribution is 2.26. The van der Waals surface area contributed by atoms with Crippen molar-refractivity contribution in [2.45, 2.75) is 5.22 Å². The fraction of sp³-hybridized carbons (Fsp3) is 0.125. The van der Waals surface area contributed by atoms with Crippen LogP contribution in [0.2, 0.25) is 0 Å². The van der Waals surface area contributed by atoms with Gasteiger partial charge in [-0.1, -0.05) is 27.7 Å². The van der Waals surface area contributed by atoms with E-state index in [1.165, 1.54) is 17.8 Å². The molecular weight excluding hydrogens is 257 g/mol. The second-order valence-corrected chi connectivity index (χ2v) is 4.09. The van der Waals surface area contributed by atoms with Gasteiger partial charge in [-0.15, -0.1) is 0 Å². The van der Waals surface area contributed by atoms with Gasteiger partial charge in [0.2, 0.25) is 0 Å². The molecule has 0 unspecified atom stereocenters. The zero-order chi connectivity index (χ0) is 9.42. The van der Waals surface area contributed by atoms with E-state index in [4.69, 9.17) is 4.42 Å². The smallest absolute Gasteiger partial charge is 0.256 e. The van der Waals surface area contributed by atoms with E-state index in [9.17, 15) is 4.39 Å². The molecule has 0 amide bonds. The van der Waals surface area contributed by atoms with Crippen molar-refractivity contribution in [1.82, 2.24) is 4.98 Å². The molecule has 2 nitrogen and oxygen atoms in total. The molecule has 0 aliphatic heterocycles. The normalized spacial score (nSPS) is 11.0. The summed E-state index contributed by atoms with van der Waals surface area (Å²) >= 11 is 4.54. The topological polar surface area (TPSA) is 26.0 Å². The minimum atomic E-state index is -0.392. The molecule has 0 bridgehead atoms. The lowest BCUT2D eigenvalue weighted by atomic mass is 10.3. The molecule has 0 atom stereocenters. The summed E-state index contributed by atoms with van der Waals surface area (Å²) in [5, 5.41) is 0.479. The highest BCUT2D eigenvalue weighted by molar-refractivity contribution is 9.10. The average Bonchev–Trinajstić information content (AvgIpc) is 2.47. The Morgan fingerprint density at radius 2 is 2.31 bits per heavy atom. The van der Waals surface area contributed by atoms with Crippen molar-refractivity contribution in [3.05, 3.63) is 22.4 Å². The van der Waals surface area contributed by atoms with Gasteiger partial charge in [0.1, 0.15) is 5.52 Å². The van der Waals surface area contributed by atoms with Crippen molar-refractivity contribution in [2.24, 2.45) is 0 Å². The van der Waals surface area contributed by atoms with Gasteiger partial charge in [-0.3, -0.25) is 0 Å². The lowest BCUT2D eigenvalue weighted by molar-refractivity contribution is 0.471. The molecule has 2 rings (SSSR count). The van der Waals surface area contributed by atoms with Crippen LogP contribution in [0.25, 0.3) is 11.1 Å². The van der Waals surface area contributed by atoms with Gasteiger partial charge in [0.25, 0.3) is 5.22 Å². The highest BCUT2D eigenvalue weighted by Gasteiger charge is 2.10. The molecule has 68 valence electrons. The van der Waals surface area contributed by atoms with E-state index in [1.807, 2.05) is 6.26 Å². The second kappa shape index (κ2) is 3.31. The number of nitrogens with zero attached hydrogens (tertiary/aromatic N) is 1. The first-order valence-electron chi connectivity index (χ1n) is 3.50. The van der Waals surface area contributed by atoms with E-state index in [-0.39, 0.29) is 5.58 Å². The van der Waals surface area contributed by atoms with Crippen LogP contribution in [0.5, 0.6) is 0 Å². The van der Waals surface area contributed by atoms with Crippen LogP contribution in [0.1, 0.15) is 0 Å². The Labute approximate surface area is 86.6 Å². The third kappa shape index (κ3) is 1.58. The molecule has 1 aromatic heterocycles. The molecule has 1 heterocycles. The molecule has 0 saturated carbocycles. The van der Waals surface area contributed by atoms with Crippen LogP contribution in [0.15, 0.2) is 26.2 Å². The first-order chi connectivity index (χ1) is 6.20. The van der Waals surface area contributed by atoms with Gasteiger partial charge < -0.3 is 4.42 Å². The van der Waals surface area contributed by atoms with Crippen molar-refractivity contribution in [3.63, 3.8) is 0 Å². The van der Waals surface area contributed by atoms with Gasteiger partial charge >= 0.3 is 0 Å². The molecule has 0 saturated heterocycles. The molecule has 0 aliphatic rings. The molecule has 0 radical (unpaired) electrons. The molecule has 0 aliphatic carbocycles. The number of hydrogen-bond acceptors (Lipinski definition) is 3. The Morgan fingerprint density at radius 3 is 3.00 bits per heavy atom. The Hall–Kier alpha value is -0.550. The van der Waals surface area contributed by atoms with E-state index in [2.05, 4.69) is 20.9 Å². The van der Waals surface area contributed by atoms with Crippen molar-refractivity contribution < 1.29 is 8.81 Å². The highest BCUT2D eigenvalue weighted by atomic mass is 79.9. The summed E-state index contributed by atoms with van der Waals surface area (Å²) in [7, 11) is 0. The van der Waals surface area contributed by atoms with E-state index in [0.29, 0.717) is 15.2 Å². The van der Waals surface area contributed by atoms with Crippen LogP contribution in [0, 0.1) is 5.82 Å². The number of fused-ring (bicyclic) bond motifs is 1. The molecule has 1 aromatic carbocycles. The molecule has 0 spiro atoms. The third-order valence-electron chi connectivity index (χ3n) is 1.56. The quantitative estimate of drug-likeness (QED) is 0.736. The lowest BCUT2D eigenvalue weighted by Gasteiger charge is -1.90. The number of aromatic nitrogens is 1. The maximum atomic E-state index is 13.2. The standard InChI is InChI=1S/C8H5BrFNOS/c1-13-8-11-6-3-4(9)2-5(10)7(6)12-8/h2-3H,1H3. The van der Waals surface area contributed by atoms with Gasteiger partial charge in [-0.2, -0.15) is 0 Å². The maximum Gasteiger partial charge on any atom is 0.256 e. The summed E-state index contributed by atoms with van der Waals surface area (Å²) in [6.45, 7) is 0. The number of hydrogen-bond donors (Lipinski definition) is 0. The number of halogens is 2. The Kier molecular flexibility index (Phi) is 2.29. The summed E-state index contributed by atoms with van der Waals surface area (Å²) < 4.78 is 19.0. The minimum absolute atomic E-state index is 0.215. The van der Waals surface area contributed by atoms with Crippen molar-refractivity contribution >= 4 is 38.8 Å². The largest absolute Gasteiger partial charge is 0.428 e. The summed E-state index contributed by atoms with van der Waals surface area (Å²) in [6, 6.07) is 3.08. The predicted octanol–water partition coefficient (Wildman–Crippen LogP) is 3.45. The fourth-order valence-electron chi connectivity index (χ4n) is 1.03. The fourth-order valence-corrected chi connectivity index (χ4v) is 1.80. The van der Waals surface area contributed by atoms with Crippen LogP contribution < -0.4 is 0 Å². The maximum absolute atomic E-state index is 13.2. The molecule has 5 heteroatoms. The van der Waals surface area contributed by atoms with Gasteiger partial charge in [-0.05, 0) is 18.4 Å². The van der Waals surface area contributed by atoms with E-state index < -0.39 is 5.82 Å². The van der Waals surface area contributed by atoms with Gasteiger partial charge in [-0.25, -0.2) is 9.37 Å². The minimum Gasteiger partial charge on any atom is -0.428 e. The van der Waals surface area contributed by atoms with Crippen LogP contribution in [0.3, 0.4) is 0 Å². The van der Waals surface area contributed by atoms with Crippen molar-refractivity contribution in [1.29, 1.82) is 0 Å². The Balaban J connectivity index is 2.75. The molecule has 13 heavy (non-hydrogen) atoms. The first kappa shape index (κ1) is 9.02. The van der Waals surface area contributed by atoms with Crippen LogP contribution in [-0.4, -0.2) is 11.2 Å². The number of thioether (sulfide) groups is 1. The third-order valence-corrected chi connectivity index (χ3v) is 2.55. The monoisotopic (exact) mass is 261 g/mol. The molecular formula is C8H5BrFNOS.